The average molecular weight is 216 g/mol. The quantitative estimate of drug-likeness (QED) is 0.855. The van der Waals surface area contributed by atoms with E-state index >= 15 is 0 Å². The van der Waals surface area contributed by atoms with Crippen LogP contribution in [0.25, 0.3) is 11.3 Å². The molecule has 0 radical (unpaired) electrons. The van der Waals surface area contributed by atoms with Gasteiger partial charge in [-0.3, -0.25) is 5.10 Å². The van der Waals surface area contributed by atoms with Gasteiger partial charge in [0.05, 0.1) is 12.8 Å². The molecular weight excluding hydrogens is 200 g/mol. The number of benzene rings is 1. The van der Waals surface area contributed by atoms with E-state index in [4.69, 9.17) is 4.74 Å². The lowest BCUT2D eigenvalue weighted by atomic mass is 9.99. The highest BCUT2D eigenvalue weighted by Crippen LogP contribution is 2.31. The molecule has 0 unspecified atom stereocenters. The summed E-state index contributed by atoms with van der Waals surface area (Å²) in [7, 11) is 1.68. The summed E-state index contributed by atoms with van der Waals surface area (Å²) < 4.78 is 5.36. The Kier molecular flexibility index (Phi) is 2.95. The normalized spacial score (nSPS) is 10.8. The van der Waals surface area contributed by atoms with Crippen molar-refractivity contribution in [2.24, 2.45) is 0 Å². The molecule has 1 aromatic carbocycles. The van der Waals surface area contributed by atoms with Gasteiger partial charge in [0.25, 0.3) is 0 Å². The van der Waals surface area contributed by atoms with Crippen LogP contribution in [0.15, 0.2) is 30.5 Å². The van der Waals surface area contributed by atoms with Crippen LogP contribution in [0.3, 0.4) is 0 Å². The fraction of sp³-hybridized carbons (Fsp3) is 0.308. The van der Waals surface area contributed by atoms with Crippen LogP contribution in [0.4, 0.5) is 0 Å². The van der Waals surface area contributed by atoms with Crippen LogP contribution in [0, 0.1) is 0 Å². The molecule has 1 heterocycles. The van der Waals surface area contributed by atoms with Gasteiger partial charge >= 0.3 is 0 Å². The molecule has 0 aliphatic rings. The fourth-order valence-corrected chi connectivity index (χ4v) is 1.70. The Morgan fingerprint density at radius 1 is 1.25 bits per heavy atom. The maximum Gasteiger partial charge on any atom is 0.128 e. The van der Waals surface area contributed by atoms with Crippen molar-refractivity contribution in [1.82, 2.24) is 10.2 Å². The van der Waals surface area contributed by atoms with Gasteiger partial charge in [-0.1, -0.05) is 19.9 Å². The summed E-state index contributed by atoms with van der Waals surface area (Å²) in [6, 6.07) is 8.20. The van der Waals surface area contributed by atoms with Crippen LogP contribution >= 0.6 is 0 Å². The predicted molar refractivity (Wildman–Crippen MR) is 64.7 cm³/mol. The minimum atomic E-state index is 0.507. The van der Waals surface area contributed by atoms with Crippen molar-refractivity contribution >= 4 is 0 Å². The third-order valence-corrected chi connectivity index (χ3v) is 2.68. The van der Waals surface area contributed by atoms with Crippen molar-refractivity contribution in [3.63, 3.8) is 0 Å². The molecule has 16 heavy (non-hydrogen) atoms. The topological polar surface area (TPSA) is 37.9 Å². The molecular formula is C13H16N2O. The Morgan fingerprint density at radius 2 is 2.06 bits per heavy atom. The third-order valence-electron chi connectivity index (χ3n) is 2.68. The largest absolute Gasteiger partial charge is 0.496 e. The summed E-state index contributed by atoms with van der Waals surface area (Å²) in [6.07, 6.45) is 1.75. The summed E-state index contributed by atoms with van der Waals surface area (Å²) in [4.78, 5) is 0. The van der Waals surface area contributed by atoms with Crippen molar-refractivity contribution in [2.75, 3.05) is 7.11 Å². The Labute approximate surface area is 95.5 Å². The van der Waals surface area contributed by atoms with E-state index in [0.717, 1.165) is 17.0 Å². The predicted octanol–water partition coefficient (Wildman–Crippen LogP) is 3.21. The molecule has 3 heteroatoms. The van der Waals surface area contributed by atoms with Gasteiger partial charge in [0.2, 0.25) is 0 Å². The molecule has 0 spiro atoms. The Morgan fingerprint density at radius 3 is 2.62 bits per heavy atom. The zero-order valence-corrected chi connectivity index (χ0v) is 9.82. The number of ether oxygens (including phenoxy) is 1. The van der Waals surface area contributed by atoms with E-state index < -0.39 is 0 Å². The molecule has 1 N–H and O–H groups in total. The molecule has 0 atom stereocenters. The van der Waals surface area contributed by atoms with Gasteiger partial charge in [0.1, 0.15) is 5.75 Å². The van der Waals surface area contributed by atoms with E-state index in [0.29, 0.717) is 5.92 Å². The number of nitrogens with zero attached hydrogens (tertiary/aromatic N) is 1. The van der Waals surface area contributed by atoms with Gasteiger partial charge in [-0.25, -0.2) is 0 Å². The number of nitrogens with one attached hydrogen (secondary N) is 1. The van der Waals surface area contributed by atoms with Gasteiger partial charge in [0, 0.05) is 11.8 Å². The lowest BCUT2D eigenvalue weighted by Crippen LogP contribution is -1.93. The Hall–Kier alpha value is -1.77. The molecule has 0 saturated carbocycles. The second-order valence-electron chi connectivity index (χ2n) is 4.08. The van der Waals surface area contributed by atoms with E-state index in [2.05, 4.69) is 36.2 Å². The SMILES string of the molecule is COc1ccc(C(C)C)cc1-c1ccn[nH]1. The van der Waals surface area contributed by atoms with Crippen LogP contribution in [0.1, 0.15) is 25.3 Å². The van der Waals surface area contributed by atoms with Crippen molar-refractivity contribution in [3.8, 4) is 17.0 Å². The van der Waals surface area contributed by atoms with Gasteiger partial charge in [-0.2, -0.15) is 5.10 Å². The van der Waals surface area contributed by atoms with Gasteiger partial charge in [0.15, 0.2) is 0 Å². The van der Waals surface area contributed by atoms with Gasteiger partial charge in [-0.05, 0) is 29.7 Å². The van der Waals surface area contributed by atoms with Crippen LogP contribution in [0.2, 0.25) is 0 Å². The minimum Gasteiger partial charge on any atom is -0.496 e. The first-order chi connectivity index (χ1) is 7.72. The molecule has 0 saturated heterocycles. The highest BCUT2D eigenvalue weighted by Gasteiger charge is 2.09. The average Bonchev–Trinajstić information content (AvgIpc) is 2.81. The molecule has 0 fully saturated rings. The summed E-state index contributed by atoms with van der Waals surface area (Å²) in [5.74, 6) is 1.38. The molecule has 0 aliphatic heterocycles. The third kappa shape index (κ3) is 1.94. The molecule has 0 bridgehead atoms. The summed E-state index contributed by atoms with van der Waals surface area (Å²) in [6.45, 7) is 4.36. The standard InChI is InChI=1S/C13H16N2O/c1-9(2)10-4-5-13(16-3)11(8-10)12-6-7-14-15-12/h4-9H,1-3H3,(H,14,15). The molecule has 0 aliphatic carbocycles. The first kappa shape index (κ1) is 10.7. The van der Waals surface area contributed by atoms with Crippen LogP contribution in [0.5, 0.6) is 5.75 Å². The maximum atomic E-state index is 5.36. The van der Waals surface area contributed by atoms with Gasteiger partial charge < -0.3 is 4.74 Å². The van der Waals surface area contributed by atoms with Crippen LogP contribution in [-0.2, 0) is 0 Å². The first-order valence-corrected chi connectivity index (χ1v) is 5.40. The number of H-pyrrole nitrogens is 1. The smallest absolute Gasteiger partial charge is 0.128 e. The second kappa shape index (κ2) is 4.39. The number of hydrogen-bond acceptors (Lipinski definition) is 2. The first-order valence-electron chi connectivity index (χ1n) is 5.40. The van der Waals surface area contributed by atoms with Crippen molar-refractivity contribution < 1.29 is 4.74 Å². The molecule has 2 rings (SSSR count). The maximum absolute atomic E-state index is 5.36. The molecule has 2 aromatic rings. The van der Waals surface area contributed by atoms with Crippen molar-refractivity contribution in [1.29, 1.82) is 0 Å². The highest BCUT2D eigenvalue weighted by atomic mass is 16.5. The van der Waals surface area contributed by atoms with Crippen LogP contribution < -0.4 is 4.74 Å². The molecule has 1 aromatic heterocycles. The number of aromatic amines is 1. The summed E-state index contributed by atoms with van der Waals surface area (Å²) in [5.41, 5.74) is 3.34. The van der Waals surface area contributed by atoms with E-state index in [1.54, 1.807) is 13.3 Å². The number of rotatable bonds is 3. The van der Waals surface area contributed by atoms with Crippen LogP contribution in [-0.4, -0.2) is 17.3 Å². The zero-order valence-electron chi connectivity index (χ0n) is 9.82. The Balaban J connectivity index is 2.52. The number of methoxy groups -OCH3 is 1. The van der Waals surface area contributed by atoms with E-state index in [1.807, 2.05) is 12.1 Å². The lowest BCUT2D eigenvalue weighted by molar-refractivity contribution is 0.416. The van der Waals surface area contributed by atoms with E-state index in [1.165, 1.54) is 5.56 Å². The highest BCUT2D eigenvalue weighted by molar-refractivity contribution is 5.67. The van der Waals surface area contributed by atoms with Crippen molar-refractivity contribution in [3.05, 3.63) is 36.0 Å². The fourth-order valence-electron chi connectivity index (χ4n) is 1.70. The monoisotopic (exact) mass is 216 g/mol. The molecule has 84 valence electrons. The lowest BCUT2D eigenvalue weighted by Gasteiger charge is -2.11. The van der Waals surface area contributed by atoms with Gasteiger partial charge in [-0.15, -0.1) is 0 Å². The van der Waals surface area contributed by atoms with E-state index in [-0.39, 0.29) is 0 Å². The zero-order chi connectivity index (χ0) is 11.5. The van der Waals surface area contributed by atoms with E-state index in [9.17, 15) is 0 Å². The second-order valence-corrected chi connectivity index (χ2v) is 4.08. The molecule has 3 nitrogen and oxygen atoms in total. The number of aromatic nitrogens is 2. The van der Waals surface area contributed by atoms with Crippen molar-refractivity contribution in [2.45, 2.75) is 19.8 Å². The Bertz CT molecular complexity index is 461. The number of hydrogen-bond donors (Lipinski definition) is 1. The molecule has 0 amide bonds. The summed E-state index contributed by atoms with van der Waals surface area (Å²) >= 11 is 0. The summed E-state index contributed by atoms with van der Waals surface area (Å²) in [5, 5.41) is 6.93. The minimum absolute atomic E-state index is 0.507.